The van der Waals surface area contributed by atoms with Crippen LogP contribution in [-0.4, -0.2) is 12.5 Å². The quantitative estimate of drug-likeness (QED) is 0.184. The SMILES string of the molecule is CCOc1cc(/C=C(\C#N)C(=O)Nc2cccc(Cl)c2)cc(I)c1OCc1ccc(C)cc1. The predicted molar refractivity (Wildman–Crippen MR) is 140 cm³/mol. The van der Waals surface area contributed by atoms with E-state index in [0.29, 0.717) is 41.0 Å². The van der Waals surface area contributed by atoms with Crippen molar-refractivity contribution in [3.05, 3.63) is 91.5 Å². The highest BCUT2D eigenvalue weighted by atomic mass is 127. The molecule has 0 aliphatic heterocycles. The zero-order chi connectivity index (χ0) is 23.8. The summed E-state index contributed by atoms with van der Waals surface area (Å²) in [6, 6.07) is 20.5. The number of nitrogens with one attached hydrogen (secondary N) is 1. The maximum Gasteiger partial charge on any atom is 0.266 e. The number of nitrogens with zero attached hydrogens (tertiary/aromatic N) is 1. The van der Waals surface area contributed by atoms with Gasteiger partial charge in [0.15, 0.2) is 11.5 Å². The molecule has 7 heteroatoms. The van der Waals surface area contributed by atoms with E-state index in [0.717, 1.165) is 9.13 Å². The smallest absolute Gasteiger partial charge is 0.266 e. The molecule has 1 N–H and O–H groups in total. The topological polar surface area (TPSA) is 71.3 Å². The molecule has 0 atom stereocenters. The number of aryl methyl sites for hydroxylation is 1. The van der Waals surface area contributed by atoms with E-state index in [4.69, 9.17) is 21.1 Å². The summed E-state index contributed by atoms with van der Waals surface area (Å²) in [6.45, 7) is 4.78. The van der Waals surface area contributed by atoms with E-state index >= 15 is 0 Å². The van der Waals surface area contributed by atoms with Crippen LogP contribution >= 0.6 is 34.2 Å². The number of halogens is 2. The van der Waals surface area contributed by atoms with Crippen LogP contribution in [0.1, 0.15) is 23.6 Å². The molecule has 5 nitrogen and oxygen atoms in total. The Bertz CT molecular complexity index is 1220. The van der Waals surface area contributed by atoms with Crippen molar-refractivity contribution in [2.45, 2.75) is 20.5 Å². The van der Waals surface area contributed by atoms with Crippen molar-refractivity contribution in [2.75, 3.05) is 11.9 Å². The van der Waals surface area contributed by atoms with Gasteiger partial charge in [-0.2, -0.15) is 5.26 Å². The lowest BCUT2D eigenvalue weighted by atomic mass is 10.1. The Hall–Kier alpha value is -3.02. The van der Waals surface area contributed by atoms with Crippen LogP contribution in [0.4, 0.5) is 5.69 Å². The Kier molecular flexibility index (Phi) is 8.75. The predicted octanol–water partition coefficient (Wildman–Crippen LogP) is 6.78. The largest absolute Gasteiger partial charge is 0.490 e. The third-order valence-corrected chi connectivity index (χ3v) is 5.63. The fourth-order valence-electron chi connectivity index (χ4n) is 2.99. The molecule has 168 valence electrons. The summed E-state index contributed by atoms with van der Waals surface area (Å²) < 4.78 is 12.7. The Morgan fingerprint density at radius 2 is 1.91 bits per heavy atom. The summed E-state index contributed by atoms with van der Waals surface area (Å²) >= 11 is 8.13. The van der Waals surface area contributed by atoms with Crippen LogP contribution in [0.5, 0.6) is 11.5 Å². The highest BCUT2D eigenvalue weighted by Gasteiger charge is 2.15. The van der Waals surface area contributed by atoms with E-state index in [1.807, 2.05) is 50.2 Å². The molecule has 0 saturated carbocycles. The van der Waals surface area contributed by atoms with Gasteiger partial charge in [-0.3, -0.25) is 4.79 Å². The molecule has 33 heavy (non-hydrogen) atoms. The van der Waals surface area contributed by atoms with Gasteiger partial charge in [0, 0.05) is 10.7 Å². The van der Waals surface area contributed by atoms with Crippen LogP contribution in [0.25, 0.3) is 6.08 Å². The van der Waals surface area contributed by atoms with E-state index in [1.165, 1.54) is 11.6 Å². The average Bonchev–Trinajstić information content (AvgIpc) is 2.78. The van der Waals surface area contributed by atoms with Crippen LogP contribution in [0.3, 0.4) is 0 Å². The van der Waals surface area contributed by atoms with Crippen molar-refractivity contribution in [3.63, 3.8) is 0 Å². The highest BCUT2D eigenvalue weighted by Crippen LogP contribution is 2.35. The molecule has 3 aromatic carbocycles. The first kappa shape index (κ1) is 24.6. The summed E-state index contributed by atoms with van der Waals surface area (Å²) in [5, 5.41) is 12.7. The minimum absolute atomic E-state index is 0.0402. The second kappa shape index (κ2) is 11.7. The van der Waals surface area contributed by atoms with Gasteiger partial charge in [0.25, 0.3) is 5.91 Å². The van der Waals surface area contributed by atoms with Crippen molar-refractivity contribution in [3.8, 4) is 17.6 Å². The first-order valence-electron chi connectivity index (χ1n) is 10.2. The summed E-state index contributed by atoms with van der Waals surface area (Å²) in [4.78, 5) is 12.6. The first-order valence-corrected chi connectivity index (χ1v) is 11.7. The van der Waals surface area contributed by atoms with Crippen LogP contribution in [0.2, 0.25) is 5.02 Å². The van der Waals surface area contributed by atoms with Gasteiger partial charge < -0.3 is 14.8 Å². The molecule has 0 fully saturated rings. The van der Waals surface area contributed by atoms with Crippen LogP contribution in [-0.2, 0) is 11.4 Å². The van der Waals surface area contributed by atoms with Crippen LogP contribution < -0.4 is 14.8 Å². The van der Waals surface area contributed by atoms with Gasteiger partial charge in [-0.15, -0.1) is 0 Å². The third kappa shape index (κ3) is 6.98. The molecule has 0 aliphatic carbocycles. The minimum atomic E-state index is -0.521. The number of nitriles is 1. The molecule has 0 unspecified atom stereocenters. The first-order chi connectivity index (χ1) is 15.9. The fourth-order valence-corrected chi connectivity index (χ4v) is 3.97. The van der Waals surface area contributed by atoms with E-state index in [9.17, 15) is 10.1 Å². The number of hydrogen-bond acceptors (Lipinski definition) is 4. The second-order valence-electron chi connectivity index (χ2n) is 7.17. The molecular formula is C26H22ClIN2O3. The molecule has 0 aliphatic rings. The molecule has 0 radical (unpaired) electrons. The number of rotatable bonds is 8. The zero-order valence-electron chi connectivity index (χ0n) is 18.2. The maximum atomic E-state index is 12.6. The number of anilines is 1. The summed E-state index contributed by atoms with van der Waals surface area (Å²) in [5.41, 5.74) is 3.36. The van der Waals surface area contributed by atoms with Gasteiger partial charge >= 0.3 is 0 Å². The maximum absolute atomic E-state index is 12.6. The van der Waals surface area contributed by atoms with Crippen LogP contribution in [0, 0.1) is 21.8 Å². The Morgan fingerprint density at radius 1 is 1.15 bits per heavy atom. The third-order valence-electron chi connectivity index (χ3n) is 4.59. The lowest BCUT2D eigenvalue weighted by Gasteiger charge is -2.15. The van der Waals surface area contributed by atoms with Gasteiger partial charge in [0.1, 0.15) is 18.2 Å². The molecule has 3 rings (SSSR count). The molecule has 0 heterocycles. The Labute approximate surface area is 212 Å². The van der Waals surface area contributed by atoms with Crippen molar-refractivity contribution in [2.24, 2.45) is 0 Å². The van der Waals surface area contributed by atoms with E-state index < -0.39 is 5.91 Å². The van der Waals surface area contributed by atoms with Crippen molar-refractivity contribution < 1.29 is 14.3 Å². The van der Waals surface area contributed by atoms with Crippen molar-refractivity contribution in [1.29, 1.82) is 5.26 Å². The molecule has 0 spiro atoms. The minimum Gasteiger partial charge on any atom is -0.490 e. The molecule has 3 aromatic rings. The van der Waals surface area contributed by atoms with Gasteiger partial charge in [-0.05, 0) is 84.0 Å². The second-order valence-corrected chi connectivity index (χ2v) is 8.77. The standard InChI is InChI=1S/C26H22ClIN2O3/c1-3-32-24-13-19(11-20(15-29)26(31)30-22-6-4-5-21(27)14-22)12-23(28)25(24)33-16-18-9-7-17(2)8-10-18/h4-14H,3,16H2,1-2H3,(H,30,31)/b20-11+. The number of ether oxygens (including phenoxy) is 2. The van der Waals surface area contributed by atoms with Crippen molar-refractivity contribution >= 4 is 51.9 Å². The highest BCUT2D eigenvalue weighted by molar-refractivity contribution is 14.1. The van der Waals surface area contributed by atoms with Crippen LogP contribution in [0.15, 0.2) is 66.2 Å². The summed E-state index contributed by atoms with van der Waals surface area (Å²) in [7, 11) is 0. The Balaban J connectivity index is 1.84. The lowest BCUT2D eigenvalue weighted by Crippen LogP contribution is -2.13. The van der Waals surface area contributed by atoms with Gasteiger partial charge in [-0.1, -0.05) is 47.5 Å². The van der Waals surface area contributed by atoms with Gasteiger partial charge in [0.05, 0.1) is 10.2 Å². The average molecular weight is 573 g/mol. The normalized spacial score (nSPS) is 10.9. The molecule has 0 aromatic heterocycles. The molecule has 0 saturated heterocycles. The van der Waals surface area contributed by atoms with E-state index in [1.54, 1.807) is 30.3 Å². The molecule has 0 bridgehead atoms. The number of benzene rings is 3. The monoisotopic (exact) mass is 572 g/mol. The number of carbonyl (C=O) groups excluding carboxylic acids is 1. The molecular weight excluding hydrogens is 551 g/mol. The number of hydrogen-bond donors (Lipinski definition) is 1. The van der Waals surface area contributed by atoms with Crippen molar-refractivity contribution in [1.82, 2.24) is 0 Å². The van der Waals surface area contributed by atoms with E-state index in [-0.39, 0.29) is 5.57 Å². The molecule has 1 amide bonds. The number of amides is 1. The zero-order valence-corrected chi connectivity index (χ0v) is 21.1. The van der Waals surface area contributed by atoms with E-state index in [2.05, 4.69) is 27.9 Å². The van der Waals surface area contributed by atoms with Gasteiger partial charge in [0.2, 0.25) is 0 Å². The Morgan fingerprint density at radius 3 is 2.58 bits per heavy atom. The van der Waals surface area contributed by atoms with Gasteiger partial charge in [-0.25, -0.2) is 0 Å². The lowest BCUT2D eigenvalue weighted by molar-refractivity contribution is -0.112. The number of carbonyl (C=O) groups is 1. The fraction of sp³-hybridized carbons (Fsp3) is 0.154. The summed E-state index contributed by atoms with van der Waals surface area (Å²) in [5.74, 6) is 0.653. The summed E-state index contributed by atoms with van der Waals surface area (Å²) in [6.07, 6.45) is 1.52.